The van der Waals surface area contributed by atoms with E-state index in [1.54, 1.807) is 7.11 Å². The second-order valence-electron chi connectivity index (χ2n) is 3.66. The molecule has 1 unspecified atom stereocenters. The van der Waals surface area contributed by atoms with Gasteiger partial charge in [-0.05, 0) is 24.1 Å². The fraction of sp³-hybridized carbons (Fsp3) is 0.500. The average Bonchev–Trinajstić information content (AvgIpc) is 2.28. The van der Waals surface area contributed by atoms with Gasteiger partial charge in [-0.25, -0.2) is 0 Å². The number of ether oxygens (including phenoxy) is 2. The number of halogens is 1. The predicted molar refractivity (Wildman–Crippen MR) is 68.5 cm³/mol. The number of rotatable bonds is 7. The molecule has 0 aromatic heterocycles. The summed E-state index contributed by atoms with van der Waals surface area (Å²) in [5, 5.41) is 0. The van der Waals surface area contributed by atoms with Gasteiger partial charge in [0.1, 0.15) is 0 Å². The summed E-state index contributed by atoms with van der Waals surface area (Å²) >= 11 is 3.40. The maximum Gasteiger partial charge on any atom is 0.0701 e. The summed E-state index contributed by atoms with van der Waals surface area (Å²) in [6, 6.07) is 8.22. The van der Waals surface area contributed by atoms with Gasteiger partial charge in [-0.15, -0.1) is 0 Å². The monoisotopic (exact) mass is 287 g/mol. The van der Waals surface area contributed by atoms with Crippen LogP contribution >= 0.6 is 15.9 Å². The molecule has 0 aliphatic heterocycles. The molecule has 3 nitrogen and oxygen atoms in total. The van der Waals surface area contributed by atoms with Crippen LogP contribution in [0.25, 0.3) is 0 Å². The number of hydrogen-bond donors (Lipinski definition) is 1. The zero-order valence-electron chi connectivity index (χ0n) is 9.49. The molecule has 90 valence electrons. The van der Waals surface area contributed by atoms with Gasteiger partial charge in [-0.1, -0.05) is 28.1 Å². The minimum Gasteiger partial charge on any atom is -0.382 e. The van der Waals surface area contributed by atoms with Gasteiger partial charge in [0.15, 0.2) is 0 Å². The van der Waals surface area contributed by atoms with E-state index in [-0.39, 0.29) is 6.04 Å². The van der Waals surface area contributed by atoms with Crippen molar-refractivity contribution in [3.63, 3.8) is 0 Å². The molecule has 0 saturated heterocycles. The fourth-order valence-electron chi connectivity index (χ4n) is 1.36. The van der Waals surface area contributed by atoms with Crippen LogP contribution in [0.3, 0.4) is 0 Å². The van der Waals surface area contributed by atoms with Crippen molar-refractivity contribution in [1.29, 1.82) is 0 Å². The highest BCUT2D eigenvalue weighted by Gasteiger charge is 2.04. The molecule has 16 heavy (non-hydrogen) atoms. The molecule has 0 bridgehead atoms. The van der Waals surface area contributed by atoms with E-state index in [1.165, 1.54) is 5.56 Å². The Balaban J connectivity index is 2.23. The molecule has 1 atom stereocenters. The van der Waals surface area contributed by atoms with Crippen molar-refractivity contribution in [2.24, 2.45) is 5.73 Å². The van der Waals surface area contributed by atoms with Crippen molar-refractivity contribution >= 4 is 15.9 Å². The first kappa shape index (κ1) is 13.6. The van der Waals surface area contributed by atoms with Crippen molar-refractivity contribution in [1.82, 2.24) is 0 Å². The first-order valence-corrected chi connectivity index (χ1v) is 6.08. The highest BCUT2D eigenvalue weighted by molar-refractivity contribution is 9.10. The Labute approximate surface area is 105 Å². The van der Waals surface area contributed by atoms with Crippen LogP contribution in [0.1, 0.15) is 5.56 Å². The zero-order valence-corrected chi connectivity index (χ0v) is 11.1. The molecular weight excluding hydrogens is 270 g/mol. The Morgan fingerprint density at radius 3 is 2.56 bits per heavy atom. The third-order valence-corrected chi connectivity index (χ3v) is 2.70. The number of nitrogens with two attached hydrogens (primary N) is 1. The largest absolute Gasteiger partial charge is 0.382 e. The molecule has 0 aliphatic rings. The molecular formula is C12H18BrNO2. The van der Waals surface area contributed by atoms with Gasteiger partial charge in [-0.3, -0.25) is 0 Å². The van der Waals surface area contributed by atoms with Crippen LogP contribution in [-0.2, 0) is 15.9 Å². The third kappa shape index (κ3) is 5.61. The molecule has 0 saturated carbocycles. The summed E-state index contributed by atoms with van der Waals surface area (Å²) in [5.41, 5.74) is 7.18. The van der Waals surface area contributed by atoms with Gasteiger partial charge in [-0.2, -0.15) is 0 Å². The van der Waals surface area contributed by atoms with Crippen LogP contribution < -0.4 is 5.73 Å². The van der Waals surface area contributed by atoms with Gasteiger partial charge >= 0.3 is 0 Å². The van der Waals surface area contributed by atoms with E-state index in [0.29, 0.717) is 19.8 Å². The second kappa shape index (κ2) is 7.79. The zero-order chi connectivity index (χ0) is 11.8. The lowest BCUT2D eigenvalue weighted by atomic mass is 10.1. The fourth-order valence-corrected chi connectivity index (χ4v) is 1.62. The van der Waals surface area contributed by atoms with E-state index in [2.05, 4.69) is 28.1 Å². The molecule has 1 aromatic carbocycles. The topological polar surface area (TPSA) is 44.5 Å². The summed E-state index contributed by atoms with van der Waals surface area (Å²) in [6.45, 7) is 1.79. The van der Waals surface area contributed by atoms with Crippen LogP contribution in [0.15, 0.2) is 28.7 Å². The highest BCUT2D eigenvalue weighted by atomic mass is 79.9. The first-order valence-electron chi connectivity index (χ1n) is 5.29. The van der Waals surface area contributed by atoms with Gasteiger partial charge in [0.25, 0.3) is 0 Å². The van der Waals surface area contributed by atoms with Gasteiger partial charge in [0.2, 0.25) is 0 Å². The molecule has 0 spiro atoms. The maximum atomic E-state index is 5.95. The molecule has 1 rings (SSSR count). The Bertz CT molecular complexity index is 290. The minimum atomic E-state index is 0.0398. The highest BCUT2D eigenvalue weighted by Crippen LogP contribution is 2.11. The number of methoxy groups -OCH3 is 1. The van der Waals surface area contributed by atoms with Crippen LogP contribution in [0, 0.1) is 0 Å². The second-order valence-corrected chi connectivity index (χ2v) is 4.57. The van der Waals surface area contributed by atoms with E-state index >= 15 is 0 Å². The van der Waals surface area contributed by atoms with Crippen molar-refractivity contribution in [3.8, 4) is 0 Å². The lowest BCUT2D eigenvalue weighted by Gasteiger charge is -2.12. The third-order valence-electron chi connectivity index (χ3n) is 2.17. The summed E-state index contributed by atoms with van der Waals surface area (Å²) in [5.74, 6) is 0. The normalized spacial score (nSPS) is 12.7. The SMILES string of the molecule is COCCOCC(N)Cc1ccc(Br)cc1. The van der Waals surface area contributed by atoms with Crippen molar-refractivity contribution in [2.45, 2.75) is 12.5 Å². The molecule has 0 heterocycles. The van der Waals surface area contributed by atoms with Crippen molar-refractivity contribution < 1.29 is 9.47 Å². The van der Waals surface area contributed by atoms with E-state index in [1.807, 2.05) is 12.1 Å². The Morgan fingerprint density at radius 1 is 1.25 bits per heavy atom. The number of benzene rings is 1. The van der Waals surface area contributed by atoms with Gasteiger partial charge in [0, 0.05) is 17.6 Å². The van der Waals surface area contributed by atoms with E-state index in [4.69, 9.17) is 15.2 Å². The maximum absolute atomic E-state index is 5.95. The molecule has 1 aromatic rings. The molecule has 2 N–H and O–H groups in total. The average molecular weight is 288 g/mol. The summed E-state index contributed by atoms with van der Waals surface area (Å²) < 4.78 is 11.3. The minimum absolute atomic E-state index is 0.0398. The first-order chi connectivity index (χ1) is 7.72. The quantitative estimate of drug-likeness (QED) is 0.780. The van der Waals surface area contributed by atoms with Crippen LogP contribution in [0.4, 0.5) is 0 Å². The van der Waals surface area contributed by atoms with Crippen LogP contribution in [-0.4, -0.2) is 33.0 Å². The molecule has 4 heteroatoms. The Morgan fingerprint density at radius 2 is 1.94 bits per heavy atom. The van der Waals surface area contributed by atoms with Crippen LogP contribution in [0.5, 0.6) is 0 Å². The van der Waals surface area contributed by atoms with Crippen molar-refractivity contribution in [3.05, 3.63) is 34.3 Å². The van der Waals surface area contributed by atoms with Gasteiger partial charge < -0.3 is 15.2 Å². The molecule has 0 fully saturated rings. The van der Waals surface area contributed by atoms with Gasteiger partial charge in [0.05, 0.1) is 19.8 Å². The van der Waals surface area contributed by atoms with Crippen molar-refractivity contribution in [2.75, 3.05) is 26.9 Å². The Hall–Kier alpha value is -0.420. The smallest absolute Gasteiger partial charge is 0.0701 e. The summed E-state index contributed by atoms with van der Waals surface area (Å²) in [6.07, 6.45) is 0.834. The van der Waals surface area contributed by atoms with E-state index < -0.39 is 0 Å². The number of hydrogen-bond acceptors (Lipinski definition) is 3. The van der Waals surface area contributed by atoms with Crippen LogP contribution in [0.2, 0.25) is 0 Å². The summed E-state index contributed by atoms with van der Waals surface area (Å²) in [4.78, 5) is 0. The predicted octanol–water partition coefficient (Wildman–Crippen LogP) is 1.98. The molecule has 0 amide bonds. The lowest BCUT2D eigenvalue weighted by molar-refractivity contribution is 0.0637. The van der Waals surface area contributed by atoms with E-state index in [0.717, 1.165) is 10.9 Å². The summed E-state index contributed by atoms with van der Waals surface area (Å²) in [7, 11) is 1.66. The molecule has 0 radical (unpaired) electrons. The van der Waals surface area contributed by atoms with E-state index in [9.17, 15) is 0 Å². The lowest BCUT2D eigenvalue weighted by Crippen LogP contribution is -2.29. The Kier molecular flexibility index (Phi) is 6.64. The standard InChI is InChI=1S/C12H18BrNO2/c1-15-6-7-16-9-12(14)8-10-2-4-11(13)5-3-10/h2-5,12H,6-9,14H2,1H3. The molecule has 0 aliphatic carbocycles.